The van der Waals surface area contributed by atoms with Crippen LogP contribution >= 0.6 is 11.6 Å². The monoisotopic (exact) mass is 294 g/mol. The number of halogens is 1. The van der Waals surface area contributed by atoms with Crippen LogP contribution in [0.5, 0.6) is 0 Å². The van der Waals surface area contributed by atoms with E-state index in [1.54, 1.807) is 0 Å². The van der Waals surface area contributed by atoms with E-state index in [2.05, 4.69) is 26.2 Å². The van der Waals surface area contributed by atoms with Gasteiger partial charge in [0.05, 0.1) is 0 Å². The Hall–Kier alpha value is -0.870. The molecule has 1 saturated heterocycles. The van der Waals surface area contributed by atoms with E-state index in [0.29, 0.717) is 5.92 Å². The van der Waals surface area contributed by atoms with Crippen molar-refractivity contribution < 1.29 is 0 Å². The molecule has 110 valence electrons. The molecule has 1 atom stereocenters. The summed E-state index contributed by atoms with van der Waals surface area (Å²) in [4.78, 5) is 2.39. The minimum atomic E-state index is 0.499. The first kappa shape index (κ1) is 14.1. The standard InChI is InChI=1S/C15H23ClN4/c1-12(16)10-19-8-5-6-13(11-19)15-18-17-14-7-3-2-4-9-20(14)15/h13H,1-11H2/t13-/m1/s1. The van der Waals surface area contributed by atoms with E-state index >= 15 is 0 Å². The van der Waals surface area contributed by atoms with Gasteiger partial charge in [-0.25, -0.2) is 0 Å². The van der Waals surface area contributed by atoms with Gasteiger partial charge >= 0.3 is 0 Å². The van der Waals surface area contributed by atoms with E-state index in [-0.39, 0.29) is 0 Å². The molecule has 0 N–H and O–H groups in total. The van der Waals surface area contributed by atoms with Gasteiger partial charge in [0.25, 0.3) is 0 Å². The Morgan fingerprint density at radius 2 is 2.10 bits per heavy atom. The highest BCUT2D eigenvalue weighted by Crippen LogP contribution is 2.28. The van der Waals surface area contributed by atoms with Crippen LogP contribution < -0.4 is 0 Å². The van der Waals surface area contributed by atoms with Gasteiger partial charge < -0.3 is 4.57 Å². The molecule has 1 fully saturated rings. The first-order valence-corrected chi connectivity index (χ1v) is 8.09. The predicted molar refractivity (Wildman–Crippen MR) is 81.0 cm³/mol. The SMILES string of the molecule is C=C(Cl)CN1CCC[C@@H](c2nnc3n2CCCCC3)C1. The van der Waals surface area contributed by atoms with Gasteiger partial charge in [-0.1, -0.05) is 24.6 Å². The highest BCUT2D eigenvalue weighted by Gasteiger charge is 2.27. The number of fused-ring (bicyclic) bond motifs is 1. The average Bonchev–Trinajstić information content (AvgIpc) is 2.67. The number of hydrogen-bond acceptors (Lipinski definition) is 3. The molecule has 2 aliphatic heterocycles. The highest BCUT2D eigenvalue weighted by atomic mass is 35.5. The zero-order chi connectivity index (χ0) is 13.9. The number of aryl methyl sites for hydroxylation is 1. The second-order valence-corrected chi connectivity index (χ2v) is 6.56. The lowest BCUT2D eigenvalue weighted by atomic mass is 9.97. The number of piperidine rings is 1. The largest absolute Gasteiger partial charge is 0.315 e. The summed E-state index contributed by atoms with van der Waals surface area (Å²) < 4.78 is 2.39. The topological polar surface area (TPSA) is 34.0 Å². The molecule has 0 amide bonds. The maximum absolute atomic E-state index is 5.95. The predicted octanol–water partition coefficient (Wildman–Crippen LogP) is 2.94. The van der Waals surface area contributed by atoms with Crippen molar-refractivity contribution >= 4 is 11.6 Å². The lowest BCUT2D eigenvalue weighted by Gasteiger charge is -2.32. The quantitative estimate of drug-likeness (QED) is 0.859. The lowest BCUT2D eigenvalue weighted by molar-refractivity contribution is 0.219. The van der Waals surface area contributed by atoms with E-state index in [4.69, 9.17) is 11.6 Å². The van der Waals surface area contributed by atoms with Crippen LogP contribution in [0.2, 0.25) is 0 Å². The molecule has 20 heavy (non-hydrogen) atoms. The van der Waals surface area contributed by atoms with Gasteiger partial charge in [0.1, 0.15) is 11.6 Å². The molecule has 3 rings (SSSR count). The van der Waals surface area contributed by atoms with E-state index < -0.39 is 0 Å². The van der Waals surface area contributed by atoms with Gasteiger partial charge in [-0.05, 0) is 32.2 Å². The third-order valence-electron chi connectivity index (χ3n) is 4.40. The molecule has 4 nitrogen and oxygen atoms in total. The van der Waals surface area contributed by atoms with Gasteiger partial charge in [0.15, 0.2) is 0 Å². The first-order valence-electron chi connectivity index (χ1n) is 7.71. The zero-order valence-corrected chi connectivity index (χ0v) is 12.8. The van der Waals surface area contributed by atoms with Gasteiger partial charge in [0, 0.05) is 37.0 Å². The Morgan fingerprint density at radius 1 is 1.20 bits per heavy atom. The van der Waals surface area contributed by atoms with Crippen LogP contribution in [-0.4, -0.2) is 39.3 Å². The molecule has 1 aromatic rings. The van der Waals surface area contributed by atoms with Crippen LogP contribution in [0.25, 0.3) is 0 Å². The van der Waals surface area contributed by atoms with Crippen molar-refractivity contribution in [1.82, 2.24) is 19.7 Å². The van der Waals surface area contributed by atoms with E-state index in [0.717, 1.165) is 37.6 Å². The molecule has 5 heteroatoms. The van der Waals surface area contributed by atoms with Gasteiger partial charge in [-0.15, -0.1) is 10.2 Å². The Labute approximate surface area is 125 Å². The highest BCUT2D eigenvalue weighted by molar-refractivity contribution is 6.29. The number of nitrogens with zero attached hydrogens (tertiary/aromatic N) is 4. The van der Waals surface area contributed by atoms with E-state index in [1.807, 2.05) is 0 Å². The van der Waals surface area contributed by atoms with Gasteiger partial charge in [-0.3, -0.25) is 4.90 Å². The molecule has 2 aliphatic rings. The average molecular weight is 295 g/mol. The van der Waals surface area contributed by atoms with E-state index in [9.17, 15) is 0 Å². The summed E-state index contributed by atoms with van der Waals surface area (Å²) in [7, 11) is 0. The summed E-state index contributed by atoms with van der Waals surface area (Å²) >= 11 is 5.95. The third kappa shape index (κ3) is 3.07. The van der Waals surface area contributed by atoms with Crippen molar-refractivity contribution in [3.05, 3.63) is 23.3 Å². The lowest BCUT2D eigenvalue weighted by Crippen LogP contribution is -2.36. The minimum absolute atomic E-state index is 0.499. The molecule has 0 radical (unpaired) electrons. The van der Waals surface area contributed by atoms with Crippen LogP contribution in [0.15, 0.2) is 11.6 Å². The van der Waals surface area contributed by atoms with Crippen molar-refractivity contribution in [2.75, 3.05) is 19.6 Å². The number of hydrogen-bond donors (Lipinski definition) is 0. The fourth-order valence-corrected chi connectivity index (χ4v) is 3.63. The molecule has 0 bridgehead atoms. The summed E-state index contributed by atoms with van der Waals surface area (Å²) in [6.07, 6.45) is 7.32. The Balaban J connectivity index is 1.75. The minimum Gasteiger partial charge on any atom is -0.315 e. The molecule has 0 aromatic carbocycles. The molecule has 1 aromatic heterocycles. The summed E-state index contributed by atoms with van der Waals surface area (Å²) in [6.45, 7) is 7.84. The van der Waals surface area contributed by atoms with Crippen LogP contribution in [0.3, 0.4) is 0 Å². The van der Waals surface area contributed by atoms with Crippen LogP contribution in [0, 0.1) is 0 Å². The Morgan fingerprint density at radius 3 is 2.95 bits per heavy atom. The van der Waals surface area contributed by atoms with Gasteiger partial charge in [-0.2, -0.15) is 0 Å². The van der Waals surface area contributed by atoms with Crippen molar-refractivity contribution in [2.24, 2.45) is 0 Å². The number of aromatic nitrogens is 3. The van der Waals surface area contributed by atoms with Crippen LogP contribution in [-0.2, 0) is 13.0 Å². The van der Waals surface area contributed by atoms with Crippen molar-refractivity contribution in [1.29, 1.82) is 0 Å². The molecule has 0 spiro atoms. The van der Waals surface area contributed by atoms with Crippen LogP contribution in [0.1, 0.15) is 49.7 Å². The summed E-state index contributed by atoms with van der Waals surface area (Å²) in [5, 5.41) is 9.66. The Kier molecular flexibility index (Phi) is 4.41. The maximum Gasteiger partial charge on any atom is 0.137 e. The first-order chi connectivity index (χ1) is 9.74. The van der Waals surface area contributed by atoms with Gasteiger partial charge in [0.2, 0.25) is 0 Å². The fourth-order valence-electron chi connectivity index (χ4n) is 3.46. The number of likely N-dealkylation sites (tertiary alicyclic amines) is 1. The summed E-state index contributed by atoms with van der Waals surface area (Å²) in [5.74, 6) is 2.89. The van der Waals surface area contributed by atoms with Crippen molar-refractivity contribution in [2.45, 2.75) is 51.0 Å². The second-order valence-electron chi connectivity index (χ2n) is 6.03. The molecule has 0 unspecified atom stereocenters. The third-order valence-corrected chi connectivity index (χ3v) is 4.52. The Bertz CT molecular complexity index is 482. The zero-order valence-electron chi connectivity index (χ0n) is 12.0. The molecule has 0 aliphatic carbocycles. The normalized spacial score (nSPS) is 24.1. The summed E-state index contributed by atoms with van der Waals surface area (Å²) in [6, 6.07) is 0. The number of rotatable bonds is 3. The second kappa shape index (κ2) is 6.27. The smallest absolute Gasteiger partial charge is 0.137 e. The molecular weight excluding hydrogens is 272 g/mol. The summed E-state index contributed by atoms with van der Waals surface area (Å²) in [5.41, 5.74) is 0. The van der Waals surface area contributed by atoms with Crippen molar-refractivity contribution in [3.63, 3.8) is 0 Å². The molecule has 3 heterocycles. The fraction of sp³-hybridized carbons (Fsp3) is 0.733. The van der Waals surface area contributed by atoms with E-state index in [1.165, 1.54) is 43.8 Å². The maximum atomic E-state index is 5.95. The molecule has 0 saturated carbocycles. The molecular formula is C15H23ClN4. The van der Waals surface area contributed by atoms with Crippen molar-refractivity contribution in [3.8, 4) is 0 Å². The van der Waals surface area contributed by atoms with Crippen LogP contribution in [0.4, 0.5) is 0 Å².